The summed E-state index contributed by atoms with van der Waals surface area (Å²) < 4.78 is 8.97. The molecule has 0 aliphatic heterocycles. The summed E-state index contributed by atoms with van der Waals surface area (Å²) in [4.78, 5) is 13.2. The normalized spacial score (nSPS) is 12.7. The summed E-state index contributed by atoms with van der Waals surface area (Å²) in [5, 5.41) is 8.71. The monoisotopic (exact) mass is 315 g/mol. The number of hydrogen-bond donors (Lipinski definition) is 1. The molecule has 0 unspecified atom stereocenters. The molecule has 23 heavy (non-hydrogen) atoms. The highest BCUT2D eigenvalue weighted by atomic mass is 16.5. The van der Waals surface area contributed by atoms with Gasteiger partial charge in [0.05, 0.1) is 17.9 Å². The number of rotatable bonds is 7. The second-order valence-electron chi connectivity index (χ2n) is 5.44. The van der Waals surface area contributed by atoms with Crippen LogP contribution in [0.5, 0.6) is 0 Å². The van der Waals surface area contributed by atoms with E-state index in [-0.39, 0.29) is 6.04 Å². The van der Waals surface area contributed by atoms with Crippen LogP contribution in [0.1, 0.15) is 19.2 Å². The fraction of sp³-hybridized carbons (Fsp3) is 0.467. The maximum atomic E-state index is 5.17. The van der Waals surface area contributed by atoms with Gasteiger partial charge in [0.25, 0.3) is 0 Å². The lowest BCUT2D eigenvalue weighted by molar-refractivity contribution is 0.178. The van der Waals surface area contributed by atoms with Crippen LogP contribution in [0.25, 0.3) is 11.0 Å². The largest absolute Gasteiger partial charge is 0.377 e. The molecule has 0 fully saturated rings. The van der Waals surface area contributed by atoms with E-state index >= 15 is 0 Å². The van der Waals surface area contributed by atoms with Crippen LogP contribution < -0.4 is 5.32 Å². The Morgan fingerprint density at radius 2 is 2.22 bits per heavy atom. The van der Waals surface area contributed by atoms with Crippen LogP contribution >= 0.6 is 0 Å². The molecule has 0 bridgehead atoms. The SMILES string of the molecule is CC[C@H](Cn1ccnc1)Nc1nc(COC)nc2c1cnn2C. The van der Waals surface area contributed by atoms with Gasteiger partial charge in [-0.3, -0.25) is 4.68 Å². The lowest BCUT2D eigenvalue weighted by Gasteiger charge is -2.19. The quantitative estimate of drug-likeness (QED) is 0.713. The average Bonchev–Trinajstić information content (AvgIpc) is 3.18. The van der Waals surface area contributed by atoms with Crippen molar-refractivity contribution in [3.8, 4) is 0 Å². The molecule has 8 heteroatoms. The zero-order valence-corrected chi connectivity index (χ0v) is 13.6. The Labute approximate surface area is 134 Å². The van der Waals surface area contributed by atoms with Crippen molar-refractivity contribution in [3.05, 3.63) is 30.7 Å². The Bertz CT molecular complexity index is 766. The maximum absolute atomic E-state index is 5.17. The van der Waals surface area contributed by atoms with E-state index in [1.165, 1.54) is 0 Å². The van der Waals surface area contributed by atoms with Crippen molar-refractivity contribution in [2.75, 3.05) is 12.4 Å². The van der Waals surface area contributed by atoms with Gasteiger partial charge in [-0.2, -0.15) is 5.10 Å². The number of methoxy groups -OCH3 is 1. The zero-order valence-electron chi connectivity index (χ0n) is 13.6. The summed E-state index contributed by atoms with van der Waals surface area (Å²) in [6.07, 6.45) is 8.32. The van der Waals surface area contributed by atoms with Gasteiger partial charge in [0.15, 0.2) is 11.5 Å². The Hall–Kier alpha value is -2.48. The molecule has 0 spiro atoms. The number of imidazole rings is 1. The van der Waals surface area contributed by atoms with Crippen LogP contribution in [0.2, 0.25) is 0 Å². The molecule has 3 aromatic rings. The first-order chi connectivity index (χ1) is 11.2. The Morgan fingerprint density at radius 3 is 2.91 bits per heavy atom. The van der Waals surface area contributed by atoms with Crippen LogP contribution in [-0.4, -0.2) is 42.5 Å². The van der Waals surface area contributed by atoms with Gasteiger partial charge in [-0.25, -0.2) is 15.0 Å². The van der Waals surface area contributed by atoms with Gasteiger partial charge in [-0.05, 0) is 6.42 Å². The standard InChI is InChI=1S/C15H21N7O/c1-4-11(8-22-6-5-16-10-22)18-14-12-7-17-21(2)15(12)20-13(19-14)9-23-3/h5-7,10-11H,4,8-9H2,1-3H3,(H,18,19,20)/t11-/m1/s1. The third kappa shape index (κ3) is 3.31. The van der Waals surface area contributed by atoms with Crippen molar-refractivity contribution in [2.45, 2.75) is 32.5 Å². The summed E-state index contributed by atoms with van der Waals surface area (Å²) in [6, 6.07) is 0.234. The number of nitrogens with one attached hydrogen (secondary N) is 1. The molecule has 1 atom stereocenters. The maximum Gasteiger partial charge on any atom is 0.163 e. The fourth-order valence-electron chi connectivity index (χ4n) is 2.49. The Morgan fingerprint density at radius 1 is 1.35 bits per heavy atom. The van der Waals surface area contributed by atoms with Gasteiger partial charge in [0, 0.05) is 39.1 Å². The summed E-state index contributed by atoms with van der Waals surface area (Å²) in [5.74, 6) is 1.44. The van der Waals surface area contributed by atoms with Gasteiger partial charge < -0.3 is 14.6 Å². The minimum absolute atomic E-state index is 0.234. The molecule has 8 nitrogen and oxygen atoms in total. The number of aryl methyl sites for hydroxylation is 1. The molecule has 0 saturated heterocycles. The fourth-order valence-corrected chi connectivity index (χ4v) is 2.49. The summed E-state index contributed by atoms with van der Waals surface area (Å²) in [5.41, 5.74) is 0.798. The van der Waals surface area contributed by atoms with E-state index in [4.69, 9.17) is 4.74 Å². The molecule has 3 aromatic heterocycles. The first kappa shape index (κ1) is 15.4. The minimum Gasteiger partial charge on any atom is -0.377 e. The predicted molar refractivity (Wildman–Crippen MR) is 86.9 cm³/mol. The van der Waals surface area contributed by atoms with Gasteiger partial charge in [-0.1, -0.05) is 6.92 Å². The van der Waals surface area contributed by atoms with Crippen LogP contribution in [0.4, 0.5) is 5.82 Å². The lowest BCUT2D eigenvalue weighted by Crippen LogP contribution is -2.25. The first-order valence-corrected chi connectivity index (χ1v) is 7.61. The van der Waals surface area contributed by atoms with Crippen molar-refractivity contribution < 1.29 is 4.74 Å². The van der Waals surface area contributed by atoms with Crippen molar-refractivity contribution >= 4 is 16.9 Å². The van der Waals surface area contributed by atoms with Crippen LogP contribution in [0.3, 0.4) is 0 Å². The average molecular weight is 315 g/mol. The Balaban J connectivity index is 1.90. The van der Waals surface area contributed by atoms with Crippen molar-refractivity contribution in [1.29, 1.82) is 0 Å². The Kier molecular flexibility index (Phi) is 4.52. The molecular formula is C15H21N7O. The van der Waals surface area contributed by atoms with E-state index in [9.17, 15) is 0 Å². The van der Waals surface area contributed by atoms with Gasteiger partial charge in [0.1, 0.15) is 12.4 Å². The molecule has 3 heterocycles. The lowest BCUT2D eigenvalue weighted by atomic mass is 10.2. The molecular weight excluding hydrogens is 294 g/mol. The molecule has 0 aromatic carbocycles. The van der Waals surface area contributed by atoms with E-state index in [0.29, 0.717) is 12.4 Å². The van der Waals surface area contributed by atoms with Crippen LogP contribution in [-0.2, 0) is 24.9 Å². The van der Waals surface area contributed by atoms with Gasteiger partial charge >= 0.3 is 0 Å². The third-order valence-electron chi connectivity index (χ3n) is 3.74. The predicted octanol–water partition coefficient (Wildman–Crippen LogP) is 1.60. The van der Waals surface area contributed by atoms with Gasteiger partial charge in [-0.15, -0.1) is 0 Å². The highest BCUT2D eigenvalue weighted by molar-refractivity contribution is 5.86. The molecule has 0 amide bonds. The number of fused-ring (bicyclic) bond motifs is 1. The van der Waals surface area contributed by atoms with E-state index in [2.05, 4.69) is 36.9 Å². The van der Waals surface area contributed by atoms with Crippen LogP contribution in [0.15, 0.2) is 24.9 Å². The first-order valence-electron chi connectivity index (χ1n) is 7.61. The van der Waals surface area contributed by atoms with E-state index in [1.54, 1.807) is 24.2 Å². The second-order valence-corrected chi connectivity index (χ2v) is 5.44. The summed E-state index contributed by atoms with van der Waals surface area (Å²) in [6.45, 7) is 3.34. The van der Waals surface area contributed by atoms with Crippen molar-refractivity contribution in [2.24, 2.45) is 7.05 Å². The molecule has 122 valence electrons. The highest BCUT2D eigenvalue weighted by Gasteiger charge is 2.15. The molecule has 0 saturated carbocycles. The zero-order chi connectivity index (χ0) is 16.2. The molecule has 0 aliphatic carbocycles. The summed E-state index contributed by atoms with van der Waals surface area (Å²) in [7, 11) is 3.51. The van der Waals surface area contributed by atoms with Gasteiger partial charge in [0.2, 0.25) is 0 Å². The molecule has 3 rings (SSSR count). The second kappa shape index (κ2) is 6.74. The topological polar surface area (TPSA) is 82.7 Å². The van der Waals surface area contributed by atoms with E-state index in [1.807, 2.05) is 19.6 Å². The third-order valence-corrected chi connectivity index (χ3v) is 3.74. The minimum atomic E-state index is 0.234. The number of hydrogen-bond acceptors (Lipinski definition) is 6. The number of ether oxygens (including phenoxy) is 1. The van der Waals surface area contributed by atoms with E-state index in [0.717, 1.165) is 29.8 Å². The molecule has 1 N–H and O–H groups in total. The number of nitrogens with zero attached hydrogens (tertiary/aromatic N) is 6. The molecule has 0 radical (unpaired) electrons. The number of aromatic nitrogens is 6. The highest BCUT2D eigenvalue weighted by Crippen LogP contribution is 2.21. The smallest absolute Gasteiger partial charge is 0.163 e. The summed E-state index contributed by atoms with van der Waals surface area (Å²) >= 11 is 0. The van der Waals surface area contributed by atoms with E-state index < -0.39 is 0 Å². The van der Waals surface area contributed by atoms with Crippen molar-refractivity contribution in [1.82, 2.24) is 29.3 Å². The number of anilines is 1. The van der Waals surface area contributed by atoms with Crippen LogP contribution in [0, 0.1) is 0 Å². The van der Waals surface area contributed by atoms with Crippen molar-refractivity contribution in [3.63, 3.8) is 0 Å². The molecule has 0 aliphatic rings.